The Morgan fingerprint density at radius 2 is 1.64 bits per heavy atom. The molecule has 4 N–H and O–H groups in total. The summed E-state index contributed by atoms with van der Waals surface area (Å²) in [5.41, 5.74) is -3.91. The van der Waals surface area contributed by atoms with Crippen LogP contribution < -0.4 is 16.6 Å². The standard InChI is InChI=1S/C19H14N4O5/c1-9-6-7-20-12(8-9)23-19(13-16(26)21-18(28)22-17(13)27)14(24)10-4-2-3-5-11(10)15(19)25/h2-8H,1H3,(H,20,23)(H3,21,22,26,27,28). The summed E-state index contributed by atoms with van der Waals surface area (Å²) in [5, 5.41) is 13.1. The van der Waals surface area contributed by atoms with Crippen molar-refractivity contribution in [2.24, 2.45) is 0 Å². The Balaban J connectivity index is 2.04. The van der Waals surface area contributed by atoms with Crippen molar-refractivity contribution >= 4 is 17.4 Å². The van der Waals surface area contributed by atoms with Crippen LogP contribution in [0.15, 0.2) is 52.2 Å². The van der Waals surface area contributed by atoms with Gasteiger partial charge in [-0.1, -0.05) is 24.3 Å². The highest BCUT2D eigenvalue weighted by Crippen LogP contribution is 2.41. The lowest BCUT2D eigenvalue weighted by Crippen LogP contribution is -2.50. The van der Waals surface area contributed by atoms with Crippen LogP contribution in [0.4, 0.5) is 5.82 Å². The molecule has 0 fully saturated rings. The van der Waals surface area contributed by atoms with Crippen LogP contribution >= 0.6 is 0 Å². The average Bonchev–Trinajstić information content (AvgIpc) is 2.84. The number of pyridine rings is 1. The molecule has 0 amide bonds. The van der Waals surface area contributed by atoms with E-state index in [1.54, 1.807) is 31.2 Å². The Morgan fingerprint density at radius 3 is 2.21 bits per heavy atom. The Hall–Kier alpha value is -4.01. The second-order valence-corrected chi connectivity index (χ2v) is 6.43. The monoisotopic (exact) mass is 378 g/mol. The number of anilines is 1. The van der Waals surface area contributed by atoms with E-state index < -0.39 is 39.8 Å². The Bertz CT molecular complexity index is 1220. The van der Waals surface area contributed by atoms with Gasteiger partial charge in [-0.3, -0.25) is 24.4 Å². The van der Waals surface area contributed by atoms with Crippen molar-refractivity contribution in [2.45, 2.75) is 12.5 Å². The van der Waals surface area contributed by atoms with Crippen molar-refractivity contribution in [3.05, 3.63) is 85.7 Å². The van der Waals surface area contributed by atoms with Crippen molar-refractivity contribution in [2.75, 3.05) is 5.32 Å². The number of carbonyl (C=O) groups is 2. The third-order valence-electron chi connectivity index (χ3n) is 4.63. The summed E-state index contributed by atoms with van der Waals surface area (Å²) in [7, 11) is 0. The number of benzene rings is 1. The van der Waals surface area contributed by atoms with Crippen LogP contribution in [0.3, 0.4) is 0 Å². The van der Waals surface area contributed by atoms with Crippen LogP contribution in [0.2, 0.25) is 0 Å². The van der Waals surface area contributed by atoms with Crippen LogP contribution in [0.5, 0.6) is 5.88 Å². The molecule has 0 unspecified atom stereocenters. The normalized spacial score (nSPS) is 14.8. The lowest BCUT2D eigenvalue weighted by atomic mass is 9.85. The number of rotatable bonds is 3. The zero-order valence-corrected chi connectivity index (χ0v) is 14.6. The predicted octanol–water partition coefficient (Wildman–Crippen LogP) is 0.859. The van der Waals surface area contributed by atoms with E-state index in [1.807, 2.05) is 9.97 Å². The Labute approximate surface area is 157 Å². The third-order valence-corrected chi connectivity index (χ3v) is 4.63. The van der Waals surface area contributed by atoms with E-state index in [-0.39, 0.29) is 16.9 Å². The van der Waals surface area contributed by atoms with Gasteiger partial charge in [0.25, 0.3) is 5.56 Å². The molecule has 0 radical (unpaired) electrons. The molecule has 2 heterocycles. The highest BCUT2D eigenvalue weighted by Gasteiger charge is 2.57. The molecule has 3 aromatic rings. The maximum atomic E-state index is 13.3. The molecule has 1 aliphatic rings. The summed E-state index contributed by atoms with van der Waals surface area (Å²) in [4.78, 5) is 58.8. The van der Waals surface area contributed by atoms with E-state index in [9.17, 15) is 24.3 Å². The first-order chi connectivity index (χ1) is 13.3. The zero-order chi connectivity index (χ0) is 20.1. The molecule has 0 atom stereocenters. The fourth-order valence-corrected chi connectivity index (χ4v) is 3.41. The SMILES string of the molecule is Cc1ccnc(NC2(c3c(O)[nH]c(=O)[nH]c3=O)C(=O)c3ccccc3C2=O)c1. The number of aromatic amines is 2. The fraction of sp³-hybridized carbons (Fsp3) is 0.105. The highest BCUT2D eigenvalue weighted by atomic mass is 16.3. The van der Waals surface area contributed by atoms with E-state index in [0.29, 0.717) is 0 Å². The fourth-order valence-electron chi connectivity index (χ4n) is 3.41. The van der Waals surface area contributed by atoms with Crippen LogP contribution in [-0.4, -0.2) is 31.6 Å². The van der Waals surface area contributed by atoms with Crippen LogP contribution in [0.25, 0.3) is 0 Å². The highest BCUT2D eigenvalue weighted by molar-refractivity contribution is 6.34. The van der Waals surface area contributed by atoms with E-state index >= 15 is 0 Å². The minimum absolute atomic E-state index is 0.0950. The lowest BCUT2D eigenvalue weighted by Gasteiger charge is -2.27. The quantitative estimate of drug-likeness (QED) is 0.495. The third kappa shape index (κ3) is 2.37. The lowest BCUT2D eigenvalue weighted by molar-refractivity contribution is 0.0813. The summed E-state index contributed by atoms with van der Waals surface area (Å²) in [5.74, 6) is -2.18. The van der Waals surface area contributed by atoms with Gasteiger partial charge in [-0.2, -0.15) is 0 Å². The summed E-state index contributed by atoms with van der Waals surface area (Å²) in [6, 6.07) is 9.39. The molecule has 1 aliphatic carbocycles. The number of H-pyrrole nitrogens is 2. The van der Waals surface area contributed by atoms with Crippen LogP contribution in [-0.2, 0) is 5.54 Å². The molecular weight excluding hydrogens is 364 g/mol. The molecule has 4 rings (SSSR count). The van der Waals surface area contributed by atoms with Gasteiger partial charge >= 0.3 is 5.69 Å². The molecule has 0 saturated heterocycles. The number of aryl methyl sites for hydroxylation is 1. The second-order valence-electron chi connectivity index (χ2n) is 6.43. The first kappa shape index (κ1) is 17.4. The molecule has 0 spiro atoms. The van der Waals surface area contributed by atoms with Crippen LogP contribution in [0, 0.1) is 6.92 Å². The molecule has 28 heavy (non-hydrogen) atoms. The number of ketones is 2. The summed E-state index contributed by atoms with van der Waals surface area (Å²) in [6.07, 6.45) is 1.47. The van der Waals surface area contributed by atoms with Gasteiger partial charge in [-0.15, -0.1) is 0 Å². The molecule has 2 aromatic heterocycles. The predicted molar refractivity (Wildman–Crippen MR) is 98.7 cm³/mol. The molecule has 140 valence electrons. The number of hydrogen-bond donors (Lipinski definition) is 4. The summed E-state index contributed by atoms with van der Waals surface area (Å²) in [6.45, 7) is 1.79. The van der Waals surface area contributed by atoms with Crippen molar-refractivity contribution in [1.82, 2.24) is 15.0 Å². The van der Waals surface area contributed by atoms with E-state index in [1.165, 1.54) is 18.3 Å². The number of Topliss-reactive ketones (excluding diaryl/α,β-unsaturated/α-hetero) is 2. The van der Waals surface area contributed by atoms with Gasteiger partial charge in [-0.25, -0.2) is 9.78 Å². The van der Waals surface area contributed by atoms with Crippen molar-refractivity contribution in [1.29, 1.82) is 0 Å². The largest absolute Gasteiger partial charge is 0.494 e. The Morgan fingerprint density at radius 1 is 1.00 bits per heavy atom. The minimum atomic E-state index is -2.27. The number of aromatic hydroxyl groups is 1. The summed E-state index contributed by atoms with van der Waals surface area (Å²) >= 11 is 0. The van der Waals surface area contributed by atoms with E-state index in [4.69, 9.17) is 0 Å². The second kappa shape index (κ2) is 6.02. The molecule has 0 saturated carbocycles. The van der Waals surface area contributed by atoms with Gasteiger partial charge in [-0.05, 0) is 24.6 Å². The maximum Gasteiger partial charge on any atom is 0.328 e. The smallest absolute Gasteiger partial charge is 0.328 e. The molecular formula is C19H14N4O5. The molecule has 0 bridgehead atoms. The maximum absolute atomic E-state index is 13.3. The molecule has 1 aromatic carbocycles. The van der Waals surface area contributed by atoms with Gasteiger partial charge in [0.2, 0.25) is 23.0 Å². The van der Waals surface area contributed by atoms with Crippen molar-refractivity contribution in [3.8, 4) is 5.88 Å². The summed E-state index contributed by atoms with van der Waals surface area (Å²) < 4.78 is 0. The zero-order valence-electron chi connectivity index (χ0n) is 14.6. The minimum Gasteiger partial charge on any atom is -0.494 e. The van der Waals surface area contributed by atoms with Gasteiger partial charge in [0.05, 0.1) is 0 Å². The topological polar surface area (TPSA) is 145 Å². The molecule has 9 heteroatoms. The molecule has 9 nitrogen and oxygen atoms in total. The Kier molecular flexibility index (Phi) is 3.74. The van der Waals surface area contributed by atoms with Crippen molar-refractivity contribution in [3.63, 3.8) is 0 Å². The average molecular weight is 378 g/mol. The van der Waals surface area contributed by atoms with Gasteiger partial charge in [0.1, 0.15) is 11.4 Å². The number of nitrogens with one attached hydrogen (secondary N) is 3. The number of hydrogen-bond acceptors (Lipinski definition) is 7. The van der Waals surface area contributed by atoms with Crippen LogP contribution in [0.1, 0.15) is 31.8 Å². The first-order valence-corrected chi connectivity index (χ1v) is 8.30. The van der Waals surface area contributed by atoms with Crippen molar-refractivity contribution < 1.29 is 14.7 Å². The number of aromatic nitrogens is 3. The van der Waals surface area contributed by atoms with E-state index in [2.05, 4.69) is 10.3 Å². The number of carbonyl (C=O) groups excluding carboxylic acids is 2. The van der Waals surface area contributed by atoms with E-state index in [0.717, 1.165) is 5.56 Å². The van der Waals surface area contributed by atoms with Gasteiger partial charge < -0.3 is 10.4 Å². The van der Waals surface area contributed by atoms with Gasteiger partial charge in [0, 0.05) is 17.3 Å². The first-order valence-electron chi connectivity index (χ1n) is 8.30. The number of fused-ring (bicyclic) bond motifs is 1. The molecule has 0 aliphatic heterocycles. The number of nitrogens with zero attached hydrogens (tertiary/aromatic N) is 1. The van der Waals surface area contributed by atoms with Gasteiger partial charge in [0.15, 0.2) is 0 Å².